The van der Waals surface area contributed by atoms with Gasteiger partial charge < -0.3 is 14.8 Å². The molecule has 22 heavy (non-hydrogen) atoms. The second-order valence-corrected chi connectivity index (χ2v) is 4.50. The Balaban J connectivity index is 1.84. The van der Waals surface area contributed by atoms with E-state index in [2.05, 4.69) is 15.0 Å². The SMILES string of the molecule is O=C(O)c1cnc(COc2cccc3cccnc23)[nH]c1=O. The summed E-state index contributed by atoms with van der Waals surface area (Å²) >= 11 is 0. The third-order valence-electron chi connectivity index (χ3n) is 3.04. The summed E-state index contributed by atoms with van der Waals surface area (Å²) in [4.78, 5) is 32.8. The number of aromatic amines is 1. The van der Waals surface area contributed by atoms with E-state index in [0.29, 0.717) is 11.3 Å². The van der Waals surface area contributed by atoms with Crippen molar-refractivity contribution in [3.63, 3.8) is 0 Å². The Morgan fingerprint density at radius 2 is 2.05 bits per heavy atom. The molecule has 0 bridgehead atoms. The van der Waals surface area contributed by atoms with Gasteiger partial charge in [-0.2, -0.15) is 0 Å². The minimum Gasteiger partial charge on any atom is -0.483 e. The molecule has 2 aromatic heterocycles. The molecule has 0 unspecified atom stereocenters. The van der Waals surface area contributed by atoms with Gasteiger partial charge in [0.15, 0.2) is 0 Å². The number of rotatable bonds is 4. The highest BCUT2D eigenvalue weighted by Gasteiger charge is 2.10. The smallest absolute Gasteiger partial charge is 0.342 e. The highest BCUT2D eigenvalue weighted by atomic mass is 16.5. The molecule has 0 aliphatic rings. The van der Waals surface area contributed by atoms with Gasteiger partial charge in [0, 0.05) is 17.8 Å². The van der Waals surface area contributed by atoms with E-state index in [1.165, 1.54) is 0 Å². The Morgan fingerprint density at radius 3 is 2.82 bits per heavy atom. The van der Waals surface area contributed by atoms with Gasteiger partial charge in [0.25, 0.3) is 5.56 Å². The van der Waals surface area contributed by atoms with Gasteiger partial charge in [-0.25, -0.2) is 9.78 Å². The molecule has 3 aromatic rings. The van der Waals surface area contributed by atoms with E-state index in [-0.39, 0.29) is 12.4 Å². The molecule has 7 heteroatoms. The van der Waals surface area contributed by atoms with E-state index in [1.54, 1.807) is 12.3 Å². The van der Waals surface area contributed by atoms with Crippen LogP contribution >= 0.6 is 0 Å². The number of carboxylic acids is 1. The van der Waals surface area contributed by atoms with Crippen LogP contribution in [0.1, 0.15) is 16.2 Å². The van der Waals surface area contributed by atoms with Crippen LogP contribution in [-0.2, 0) is 6.61 Å². The third kappa shape index (κ3) is 2.64. The number of aromatic nitrogens is 3. The lowest BCUT2D eigenvalue weighted by Gasteiger charge is -2.08. The summed E-state index contributed by atoms with van der Waals surface area (Å²) < 4.78 is 5.62. The zero-order valence-electron chi connectivity index (χ0n) is 11.3. The second-order valence-electron chi connectivity index (χ2n) is 4.50. The number of hydrogen-bond acceptors (Lipinski definition) is 5. The maximum Gasteiger partial charge on any atom is 0.342 e. The number of nitrogens with one attached hydrogen (secondary N) is 1. The van der Waals surface area contributed by atoms with Crippen molar-refractivity contribution in [2.75, 3.05) is 0 Å². The summed E-state index contributed by atoms with van der Waals surface area (Å²) in [6.45, 7) is 0.00479. The van der Waals surface area contributed by atoms with Crippen LogP contribution in [0.3, 0.4) is 0 Å². The maximum atomic E-state index is 11.6. The molecule has 0 saturated carbocycles. The molecule has 2 heterocycles. The maximum absolute atomic E-state index is 11.6. The number of carboxylic acid groups (broad SMARTS) is 1. The fraction of sp³-hybridized carbons (Fsp3) is 0.0667. The van der Waals surface area contributed by atoms with Gasteiger partial charge in [-0.1, -0.05) is 18.2 Å². The third-order valence-corrected chi connectivity index (χ3v) is 3.04. The monoisotopic (exact) mass is 297 g/mol. The van der Waals surface area contributed by atoms with Crippen molar-refractivity contribution < 1.29 is 14.6 Å². The van der Waals surface area contributed by atoms with Crippen LogP contribution in [0.4, 0.5) is 0 Å². The molecule has 0 spiro atoms. The minimum absolute atomic E-state index is 0.00479. The Hall–Kier alpha value is -3.22. The van der Waals surface area contributed by atoms with Gasteiger partial charge in [0.05, 0.1) is 0 Å². The van der Waals surface area contributed by atoms with Gasteiger partial charge in [-0.05, 0) is 12.1 Å². The standard InChI is InChI=1S/C15H11N3O4/c19-14-10(15(20)21)7-17-12(18-14)8-22-11-5-1-3-9-4-2-6-16-13(9)11/h1-7H,8H2,(H,20,21)(H,17,18,19). The van der Waals surface area contributed by atoms with Crippen molar-refractivity contribution in [3.05, 3.63) is 64.5 Å². The van der Waals surface area contributed by atoms with Crippen LogP contribution in [0.5, 0.6) is 5.75 Å². The molecular weight excluding hydrogens is 286 g/mol. The molecule has 3 rings (SSSR count). The average molecular weight is 297 g/mol. The van der Waals surface area contributed by atoms with Crippen LogP contribution in [0.2, 0.25) is 0 Å². The summed E-state index contributed by atoms with van der Waals surface area (Å²) in [7, 11) is 0. The highest BCUT2D eigenvalue weighted by Crippen LogP contribution is 2.23. The number of ether oxygens (including phenoxy) is 1. The lowest BCUT2D eigenvalue weighted by molar-refractivity contribution is 0.0694. The molecule has 2 N–H and O–H groups in total. The van der Waals surface area contributed by atoms with Crippen LogP contribution in [0.15, 0.2) is 47.5 Å². The molecule has 110 valence electrons. The zero-order chi connectivity index (χ0) is 15.5. The topological polar surface area (TPSA) is 105 Å². The number of aromatic carboxylic acids is 1. The Morgan fingerprint density at radius 1 is 1.23 bits per heavy atom. The summed E-state index contributed by atoms with van der Waals surface area (Å²) in [6.07, 6.45) is 2.68. The molecule has 0 fully saturated rings. The summed E-state index contributed by atoms with van der Waals surface area (Å²) in [5.74, 6) is -0.523. The van der Waals surface area contributed by atoms with E-state index in [4.69, 9.17) is 9.84 Å². The van der Waals surface area contributed by atoms with Gasteiger partial charge in [-0.3, -0.25) is 9.78 Å². The second kappa shape index (κ2) is 5.65. The lowest BCUT2D eigenvalue weighted by atomic mass is 10.2. The van der Waals surface area contributed by atoms with Crippen LogP contribution in [0, 0.1) is 0 Å². The zero-order valence-corrected chi connectivity index (χ0v) is 11.3. The van der Waals surface area contributed by atoms with Crippen LogP contribution < -0.4 is 10.3 Å². The highest BCUT2D eigenvalue weighted by molar-refractivity contribution is 5.86. The van der Waals surface area contributed by atoms with Crippen molar-refractivity contribution >= 4 is 16.9 Å². The number of para-hydroxylation sites is 1. The summed E-state index contributed by atoms with van der Waals surface area (Å²) in [5.41, 5.74) is -0.415. The summed E-state index contributed by atoms with van der Waals surface area (Å²) in [6, 6.07) is 9.26. The van der Waals surface area contributed by atoms with Crippen molar-refractivity contribution in [2.45, 2.75) is 6.61 Å². The first kappa shape index (κ1) is 13.7. The largest absolute Gasteiger partial charge is 0.483 e. The van der Waals surface area contributed by atoms with E-state index in [9.17, 15) is 9.59 Å². The summed E-state index contributed by atoms with van der Waals surface area (Å²) in [5, 5.41) is 9.72. The number of nitrogens with zero attached hydrogens (tertiary/aromatic N) is 2. The van der Waals surface area contributed by atoms with Crippen molar-refractivity contribution in [1.82, 2.24) is 15.0 Å². The van der Waals surface area contributed by atoms with Crippen LogP contribution in [-0.4, -0.2) is 26.0 Å². The number of hydrogen-bond donors (Lipinski definition) is 2. The minimum atomic E-state index is -1.32. The lowest BCUT2D eigenvalue weighted by Crippen LogP contribution is -2.20. The molecule has 0 radical (unpaired) electrons. The number of carbonyl (C=O) groups is 1. The van der Waals surface area contributed by atoms with Crippen molar-refractivity contribution in [2.24, 2.45) is 0 Å². The molecule has 0 atom stereocenters. The van der Waals surface area contributed by atoms with E-state index in [0.717, 1.165) is 11.6 Å². The van der Waals surface area contributed by atoms with Crippen molar-refractivity contribution in [3.8, 4) is 5.75 Å². The molecular formula is C15H11N3O4. The van der Waals surface area contributed by atoms with Gasteiger partial charge in [-0.15, -0.1) is 0 Å². The predicted molar refractivity (Wildman–Crippen MR) is 77.9 cm³/mol. The first-order valence-corrected chi connectivity index (χ1v) is 6.43. The van der Waals surface area contributed by atoms with E-state index >= 15 is 0 Å². The van der Waals surface area contributed by atoms with E-state index < -0.39 is 17.1 Å². The molecule has 0 amide bonds. The number of pyridine rings is 1. The fourth-order valence-corrected chi connectivity index (χ4v) is 2.00. The normalized spacial score (nSPS) is 10.5. The molecule has 1 aromatic carbocycles. The number of benzene rings is 1. The Kier molecular flexibility index (Phi) is 3.53. The van der Waals surface area contributed by atoms with Gasteiger partial charge in [0.2, 0.25) is 0 Å². The molecule has 7 nitrogen and oxygen atoms in total. The van der Waals surface area contributed by atoms with E-state index in [1.807, 2.05) is 24.3 Å². The molecule has 0 aliphatic carbocycles. The fourth-order valence-electron chi connectivity index (χ4n) is 2.00. The number of fused-ring (bicyclic) bond motifs is 1. The number of H-pyrrole nitrogens is 1. The first-order valence-electron chi connectivity index (χ1n) is 6.43. The van der Waals surface area contributed by atoms with Crippen LogP contribution in [0.25, 0.3) is 10.9 Å². The molecule has 0 aliphatic heterocycles. The van der Waals surface area contributed by atoms with Crippen molar-refractivity contribution in [1.29, 1.82) is 0 Å². The average Bonchev–Trinajstić information content (AvgIpc) is 2.52. The molecule has 0 saturated heterocycles. The Bertz CT molecular complexity index is 899. The Labute approximate surface area is 124 Å². The quantitative estimate of drug-likeness (QED) is 0.757. The van der Waals surface area contributed by atoms with Gasteiger partial charge in [0.1, 0.15) is 29.3 Å². The first-order chi connectivity index (χ1) is 10.6. The van der Waals surface area contributed by atoms with Gasteiger partial charge >= 0.3 is 5.97 Å². The predicted octanol–water partition coefficient (Wildman–Crippen LogP) is 1.60.